The lowest BCUT2D eigenvalue weighted by atomic mass is 10.0. The van der Waals surface area contributed by atoms with Crippen molar-refractivity contribution in [3.8, 4) is 11.1 Å². The predicted octanol–water partition coefficient (Wildman–Crippen LogP) is 4.22. The minimum Gasteiger partial charge on any atom is -0.323 e. The van der Waals surface area contributed by atoms with Crippen LogP contribution in [0, 0.1) is 6.92 Å². The molecule has 2 aromatic rings. The average molecular weight is 337 g/mol. The van der Waals surface area contributed by atoms with E-state index in [-0.39, 0.29) is 6.03 Å². The molecule has 132 valence electrons. The normalized spacial score (nSPS) is 17.6. The van der Waals surface area contributed by atoms with Crippen LogP contribution in [0.2, 0.25) is 0 Å². The number of hydrogen-bond donors (Lipinski definition) is 1. The summed E-state index contributed by atoms with van der Waals surface area (Å²) in [4.78, 5) is 16.8. The molecule has 0 spiro atoms. The molecule has 1 fully saturated rings. The van der Waals surface area contributed by atoms with Crippen LogP contribution in [0.3, 0.4) is 0 Å². The summed E-state index contributed by atoms with van der Waals surface area (Å²) >= 11 is 0. The van der Waals surface area contributed by atoms with Gasteiger partial charge >= 0.3 is 6.03 Å². The molecule has 0 aromatic heterocycles. The summed E-state index contributed by atoms with van der Waals surface area (Å²) in [6, 6.07) is 16.9. The summed E-state index contributed by atoms with van der Waals surface area (Å²) in [5, 5.41) is 3.06. The van der Waals surface area contributed by atoms with Gasteiger partial charge in [-0.15, -0.1) is 0 Å². The monoisotopic (exact) mass is 337 g/mol. The highest BCUT2D eigenvalue weighted by molar-refractivity contribution is 5.90. The summed E-state index contributed by atoms with van der Waals surface area (Å²) in [6.45, 7) is 3.71. The Morgan fingerprint density at radius 2 is 1.84 bits per heavy atom. The summed E-state index contributed by atoms with van der Waals surface area (Å²) in [6.07, 6.45) is 2.21. The van der Waals surface area contributed by atoms with E-state index < -0.39 is 0 Å². The van der Waals surface area contributed by atoms with Gasteiger partial charge in [-0.3, -0.25) is 0 Å². The highest BCUT2D eigenvalue weighted by Gasteiger charge is 2.24. The van der Waals surface area contributed by atoms with E-state index in [1.54, 1.807) is 0 Å². The molecule has 2 amide bonds. The van der Waals surface area contributed by atoms with Gasteiger partial charge in [0.2, 0.25) is 0 Å². The fourth-order valence-corrected chi connectivity index (χ4v) is 3.36. The fourth-order valence-electron chi connectivity index (χ4n) is 3.36. The van der Waals surface area contributed by atoms with Crippen LogP contribution in [0.15, 0.2) is 48.5 Å². The van der Waals surface area contributed by atoms with Crippen molar-refractivity contribution in [1.82, 2.24) is 9.80 Å². The van der Waals surface area contributed by atoms with E-state index in [1.165, 1.54) is 11.1 Å². The van der Waals surface area contributed by atoms with Crippen molar-refractivity contribution >= 4 is 11.7 Å². The minimum atomic E-state index is -0.00653. The number of aryl methyl sites for hydroxylation is 1. The molecular formula is C21H27N3O. The third-order valence-corrected chi connectivity index (χ3v) is 4.88. The zero-order valence-corrected chi connectivity index (χ0v) is 15.3. The second-order valence-corrected chi connectivity index (χ2v) is 7.09. The van der Waals surface area contributed by atoms with Gasteiger partial charge in [0.1, 0.15) is 0 Å². The molecule has 0 radical (unpaired) electrons. The Bertz CT molecular complexity index is 741. The molecule has 4 heteroatoms. The van der Waals surface area contributed by atoms with E-state index >= 15 is 0 Å². The van der Waals surface area contributed by atoms with Crippen molar-refractivity contribution in [1.29, 1.82) is 0 Å². The van der Waals surface area contributed by atoms with Gasteiger partial charge in [-0.1, -0.05) is 42.0 Å². The Labute approximate surface area is 150 Å². The van der Waals surface area contributed by atoms with Gasteiger partial charge in [0.15, 0.2) is 0 Å². The van der Waals surface area contributed by atoms with E-state index in [2.05, 4.69) is 61.6 Å². The standard InChI is InChI=1S/C21H27N3O/c1-16-7-4-8-17(13-16)18-9-5-10-19(14-18)22-21(25)24-12-6-11-20(15-24)23(2)3/h4-5,7-10,13-14,20H,6,11-12,15H2,1-3H3,(H,22,25)/t20-/m0/s1. The Hall–Kier alpha value is -2.33. The fraction of sp³-hybridized carbons (Fsp3) is 0.381. The van der Waals surface area contributed by atoms with Crippen LogP contribution in [0.25, 0.3) is 11.1 Å². The van der Waals surface area contributed by atoms with Crippen molar-refractivity contribution in [2.24, 2.45) is 0 Å². The lowest BCUT2D eigenvalue weighted by Crippen LogP contribution is -2.48. The molecule has 2 aromatic carbocycles. The molecule has 1 aliphatic rings. The van der Waals surface area contributed by atoms with Crippen LogP contribution in [0.4, 0.5) is 10.5 Å². The predicted molar refractivity (Wildman–Crippen MR) is 104 cm³/mol. The minimum absolute atomic E-state index is 0.00653. The maximum Gasteiger partial charge on any atom is 0.321 e. The molecule has 4 nitrogen and oxygen atoms in total. The second-order valence-electron chi connectivity index (χ2n) is 7.09. The number of likely N-dealkylation sites (N-methyl/N-ethyl adjacent to an activating group) is 1. The van der Waals surface area contributed by atoms with E-state index in [0.717, 1.165) is 37.2 Å². The number of rotatable bonds is 3. The molecule has 0 saturated carbocycles. The van der Waals surface area contributed by atoms with Crippen LogP contribution in [0.5, 0.6) is 0 Å². The number of piperidine rings is 1. The average Bonchev–Trinajstić information content (AvgIpc) is 2.62. The molecule has 0 bridgehead atoms. The van der Waals surface area contributed by atoms with Crippen molar-refractivity contribution in [2.75, 3.05) is 32.5 Å². The topological polar surface area (TPSA) is 35.6 Å². The molecule has 1 aliphatic heterocycles. The second kappa shape index (κ2) is 7.70. The van der Waals surface area contributed by atoms with Gasteiger partial charge < -0.3 is 15.1 Å². The number of nitrogens with zero attached hydrogens (tertiary/aromatic N) is 2. The zero-order chi connectivity index (χ0) is 17.8. The summed E-state index contributed by atoms with van der Waals surface area (Å²) in [7, 11) is 4.16. The molecule has 0 unspecified atom stereocenters. The van der Waals surface area contributed by atoms with Gasteiger partial charge in [-0.25, -0.2) is 4.79 Å². The van der Waals surface area contributed by atoms with Crippen LogP contribution < -0.4 is 5.32 Å². The first kappa shape index (κ1) is 17.5. The molecule has 1 heterocycles. The van der Waals surface area contributed by atoms with E-state index in [9.17, 15) is 4.79 Å². The van der Waals surface area contributed by atoms with Gasteiger partial charge in [-0.05, 0) is 57.1 Å². The Balaban J connectivity index is 1.70. The van der Waals surface area contributed by atoms with Gasteiger partial charge in [0.05, 0.1) is 0 Å². The lowest BCUT2D eigenvalue weighted by molar-refractivity contribution is 0.148. The van der Waals surface area contributed by atoms with E-state index in [0.29, 0.717) is 6.04 Å². The van der Waals surface area contributed by atoms with E-state index in [4.69, 9.17) is 0 Å². The Kier molecular flexibility index (Phi) is 5.39. The number of nitrogens with one attached hydrogen (secondary N) is 1. The maximum atomic E-state index is 12.6. The number of amides is 2. The van der Waals surface area contributed by atoms with Crippen LogP contribution in [-0.4, -0.2) is 49.1 Å². The molecule has 0 aliphatic carbocycles. The van der Waals surface area contributed by atoms with Crippen molar-refractivity contribution < 1.29 is 4.79 Å². The first-order valence-electron chi connectivity index (χ1n) is 8.92. The number of carbonyl (C=O) groups excluding carboxylic acids is 1. The highest BCUT2D eigenvalue weighted by Crippen LogP contribution is 2.24. The van der Waals surface area contributed by atoms with Crippen molar-refractivity contribution in [3.63, 3.8) is 0 Å². The number of carbonyl (C=O) groups is 1. The number of benzene rings is 2. The molecule has 3 rings (SSSR count). The first-order valence-corrected chi connectivity index (χ1v) is 8.92. The van der Waals surface area contributed by atoms with Crippen LogP contribution in [-0.2, 0) is 0 Å². The highest BCUT2D eigenvalue weighted by atomic mass is 16.2. The summed E-state index contributed by atoms with van der Waals surface area (Å²) in [5.74, 6) is 0. The molecule has 25 heavy (non-hydrogen) atoms. The summed E-state index contributed by atoms with van der Waals surface area (Å²) < 4.78 is 0. The largest absolute Gasteiger partial charge is 0.323 e. The van der Waals surface area contributed by atoms with Crippen molar-refractivity contribution in [3.05, 3.63) is 54.1 Å². The Morgan fingerprint density at radius 3 is 2.56 bits per heavy atom. The number of hydrogen-bond acceptors (Lipinski definition) is 2. The molecule has 1 saturated heterocycles. The molecule has 1 N–H and O–H groups in total. The molecular weight excluding hydrogens is 310 g/mol. The van der Waals surface area contributed by atoms with Gasteiger partial charge in [-0.2, -0.15) is 0 Å². The van der Waals surface area contributed by atoms with Gasteiger partial charge in [0, 0.05) is 24.8 Å². The Morgan fingerprint density at radius 1 is 1.12 bits per heavy atom. The maximum absolute atomic E-state index is 12.6. The number of anilines is 1. The third-order valence-electron chi connectivity index (χ3n) is 4.88. The smallest absolute Gasteiger partial charge is 0.321 e. The number of urea groups is 1. The van der Waals surface area contributed by atoms with E-state index in [1.807, 2.05) is 23.1 Å². The SMILES string of the molecule is Cc1cccc(-c2cccc(NC(=O)N3CCC[C@H](N(C)C)C3)c2)c1. The number of likely N-dealkylation sites (tertiary alicyclic amines) is 1. The molecule has 1 atom stereocenters. The summed E-state index contributed by atoms with van der Waals surface area (Å²) in [5.41, 5.74) is 4.36. The lowest BCUT2D eigenvalue weighted by Gasteiger charge is -2.36. The van der Waals surface area contributed by atoms with Gasteiger partial charge in [0.25, 0.3) is 0 Å². The zero-order valence-electron chi connectivity index (χ0n) is 15.3. The quantitative estimate of drug-likeness (QED) is 0.910. The third kappa shape index (κ3) is 4.40. The van der Waals surface area contributed by atoms with Crippen LogP contribution >= 0.6 is 0 Å². The first-order chi connectivity index (χ1) is 12.0. The van der Waals surface area contributed by atoms with Crippen molar-refractivity contribution in [2.45, 2.75) is 25.8 Å². The van der Waals surface area contributed by atoms with Crippen LogP contribution in [0.1, 0.15) is 18.4 Å².